The van der Waals surface area contributed by atoms with Crippen LogP contribution in [0.2, 0.25) is 0 Å². The number of nitrogen functional groups attached to an aromatic ring is 1. The van der Waals surface area contributed by atoms with Crippen molar-refractivity contribution in [1.29, 1.82) is 0 Å². The molecule has 3 N–H and O–H groups in total. The predicted molar refractivity (Wildman–Crippen MR) is 62.8 cm³/mol. The molecule has 0 aliphatic carbocycles. The molecular formula is C11H18N2O2. The van der Waals surface area contributed by atoms with Crippen molar-refractivity contribution in [2.24, 2.45) is 0 Å². The van der Waals surface area contributed by atoms with Gasteiger partial charge in [-0.3, -0.25) is 5.32 Å². The normalized spacial score (nSPS) is 8.47. The van der Waals surface area contributed by atoms with Gasteiger partial charge in [-0.05, 0) is 31.2 Å². The van der Waals surface area contributed by atoms with E-state index in [2.05, 4.69) is 5.32 Å². The Hall–Kier alpha value is -1.71. The lowest BCUT2D eigenvalue weighted by Crippen LogP contribution is -2.13. The van der Waals surface area contributed by atoms with E-state index in [0.29, 0.717) is 18.0 Å². The number of nitrogens with one attached hydrogen (secondary N) is 1. The quantitative estimate of drug-likeness (QED) is 0.738. The lowest BCUT2D eigenvalue weighted by Gasteiger charge is -2.04. The number of hydrogen-bond acceptors (Lipinski definition) is 3. The second-order valence-electron chi connectivity index (χ2n) is 2.47. The number of benzene rings is 1. The van der Waals surface area contributed by atoms with Crippen LogP contribution in [0.4, 0.5) is 16.2 Å². The first kappa shape index (κ1) is 13.3. The Bertz CT molecular complexity index is 283. The zero-order valence-corrected chi connectivity index (χ0v) is 9.41. The van der Waals surface area contributed by atoms with E-state index >= 15 is 0 Å². The average Bonchev–Trinajstić information content (AvgIpc) is 2.25. The summed E-state index contributed by atoms with van der Waals surface area (Å²) >= 11 is 0. The van der Waals surface area contributed by atoms with Crippen LogP contribution in [-0.2, 0) is 4.74 Å². The Morgan fingerprint density at radius 2 is 1.87 bits per heavy atom. The van der Waals surface area contributed by atoms with Crippen molar-refractivity contribution in [2.45, 2.75) is 20.8 Å². The van der Waals surface area contributed by atoms with Crippen LogP contribution in [-0.4, -0.2) is 12.7 Å². The van der Waals surface area contributed by atoms with E-state index < -0.39 is 6.09 Å². The molecule has 84 valence electrons. The fourth-order valence-electron chi connectivity index (χ4n) is 0.851. The van der Waals surface area contributed by atoms with Gasteiger partial charge < -0.3 is 10.5 Å². The van der Waals surface area contributed by atoms with Crippen LogP contribution in [0.15, 0.2) is 24.3 Å². The number of ether oxygens (including phenoxy) is 1. The first-order chi connectivity index (χ1) is 7.22. The van der Waals surface area contributed by atoms with Gasteiger partial charge in [0.1, 0.15) is 0 Å². The molecule has 15 heavy (non-hydrogen) atoms. The van der Waals surface area contributed by atoms with E-state index in [-0.39, 0.29) is 0 Å². The fraction of sp³-hybridized carbons (Fsp3) is 0.364. The number of nitrogens with two attached hydrogens (primary N) is 1. The minimum Gasteiger partial charge on any atom is -0.450 e. The SMILES string of the molecule is CC.CCOC(=O)Nc1ccc(N)cc1. The van der Waals surface area contributed by atoms with E-state index in [4.69, 9.17) is 10.5 Å². The van der Waals surface area contributed by atoms with Gasteiger partial charge in [0.2, 0.25) is 0 Å². The number of rotatable bonds is 2. The molecule has 1 rings (SSSR count). The Morgan fingerprint density at radius 1 is 1.33 bits per heavy atom. The van der Waals surface area contributed by atoms with Gasteiger partial charge >= 0.3 is 6.09 Å². The molecule has 1 aromatic carbocycles. The summed E-state index contributed by atoms with van der Waals surface area (Å²) in [6, 6.07) is 6.85. The maximum atomic E-state index is 10.9. The Labute approximate surface area is 90.4 Å². The summed E-state index contributed by atoms with van der Waals surface area (Å²) in [4.78, 5) is 10.9. The van der Waals surface area contributed by atoms with Crippen LogP contribution >= 0.6 is 0 Å². The van der Waals surface area contributed by atoms with Crippen LogP contribution in [0, 0.1) is 0 Å². The molecule has 0 unspecified atom stereocenters. The molecule has 4 heteroatoms. The van der Waals surface area contributed by atoms with Crippen molar-refractivity contribution in [3.63, 3.8) is 0 Å². The van der Waals surface area contributed by atoms with Gasteiger partial charge in [-0.25, -0.2) is 4.79 Å². The van der Waals surface area contributed by atoms with Crippen molar-refractivity contribution in [3.8, 4) is 0 Å². The average molecular weight is 210 g/mol. The Morgan fingerprint density at radius 3 is 2.33 bits per heavy atom. The Balaban J connectivity index is 0.000000921. The molecule has 0 bridgehead atoms. The third-order valence-corrected chi connectivity index (χ3v) is 1.43. The van der Waals surface area contributed by atoms with E-state index in [1.54, 1.807) is 31.2 Å². The molecule has 0 aliphatic heterocycles. The first-order valence-electron chi connectivity index (χ1n) is 5.01. The van der Waals surface area contributed by atoms with Crippen LogP contribution < -0.4 is 11.1 Å². The van der Waals surface area contributed by atoms with Crippen molar-refractivity contribution < 1.29 is 9.53 Å². The van der Waals surface area contributed by atoms with Crippen LogP contribution in [0.5, 0.6) is 0 Å². The number of carbonyl (C=O) groups excluding carboxylic acids is 1. The molecule has 0 aliphatic rings. The summed E-state index contributed by atoms with van der Waals surface area (Å²) in [7, 11) is 0. The molecule has 0 radical (unpaired) electrons. The van der Waals surface area contributed by atoms with Crippen molar-refractivity contribution in [2.75, 3.05) is 17.7 Å². The molecule has 0 aromatic heterocycles. The van der Waals surface area contributed by atoms with Gasteiger partial charge in [-0.15, -0.1) is 0 Å². The number of hydrogen-bond donors (Lipinski definition) is 2. The minimum atomic E-state index is -0.452. The van der Waals surface area contributed by atoms with Gasteiger partial charge in [-0.2, -0.15) is 0 Å². The topological polar surface area (TPSA) is 64.3 Å². The number of anilines is 2. The third-order valence-electron chi connectivity index (χ3n) is 1.43. The van der Waals surface area contributed by atoms with Gasteiger partial charge in [0.25, 0.3) is 0 Å². The highest BCUT2D eigenvalue weighted by Crippen LogP contribution is 2.10. The molecular weight excluding hydrogens is 192 g/mol. The zero-order valence-electron chi connectivity index (χ0n) is 9.41. The molecule has 1 amide bonds. The smallest absolute Gasteiger partial charge is 0.411 e. The monoisotopic (exact) mass is 210 g/mol. The number of amides is 1. The van der Waals surface area contributed by atoms with E-state index in [1.165, 1.54) is 0 Å². The summed E-state index contributed by atoms with van der Waals surface area (Å²) in [5.74, 6) is 0. The number of carbonyl (C=O) groups is 1. The predicted octanol–water partition coefficient (Wildman–Crippen LogP) is 2.86. The minimum absolute atomic E-state index is 0.362. The van der Waals surface area contributed by atoms with Crippen molar-refractivity contribution in [3.05, 3.63) is 24.3 Å². The second-order valence-corrected chi connectivity index (χ2v) is 2.47. The summed E-state index contributed by atoms with van der Waals surface area (Å²) < 4.78 is 4.69. The van der Waals surface area contributed by atoms with E-state index in [9.17, 15) is 4.79 Å². The van der Waals surface area contributed by atoms with Crippen LogP contribution in [0.3, 0.4) is 0 Å². The lowest BCUT2D eigenvalue weighted by atomic mass is 10.3. The highest BCUT2D eigenvalue weighted by Gasteiger charge is 1.99. The lowest BCUT2D eigenvalue weighted by molar-refractivity contribution is 0.168. The van der Waals surface area contributed by atoms with Gasteiger partial charge in [-0.1, -0.05) is 13.8 Å². The first-order valence-corrected chi connectivity index (χ1v) is 5.01. The van der Waals surface area contributed by atoms with Crippen LogP contribution in [0.25, 0.3) is 0 Å². The summed E-state index contributed by atoms with van der Waals surface area (Å²) in [5, 5.41) is 2.55. The summed E-state index contributed by atoms with van der Waals surface area (Å²) in [5.41, 5.74) is 6.81. The molecule has 4 nitrogen and oxygen atoms in total. The Kier molecular flexibility index (Phi) is 6.80. The molecule has 0 saturated carbocycles. The van der Waals surface area contributed by atoms with Crippen molar-refractivity contribution >= 4 is 17.5 Å². The molecule has 0 fully saturated rings. The summed E-state index contributed by atoms with van der Waals surface area (Å²) in [6.07, 6.45) is -0.452. The standard InChI is InChI=1S/C9H12N2O2.C2H6/c1-2-13-9(12)11-8-5-3-7(10)4-6-8;1-2/h3-6H,2,10H2,1H3,(H,11,12);1-2H3. The molecule has 0 heterocycles. The molecule has 1 aromatic rings. The van der Waals surface area contributed by atoms with Crippen LogP contribution in [0.1, 0.15) is 20.8 Å². The molecule has 0 atom stereocenters. The maximum absolute atomic E-state index is 10.9. The highest BCUT2D eigenvalue weighted by atomic mass is 16.5. The fourth-order valence-corrected chi connectivity index (χ4v) is 0.851. The van der Waals surface area contributed by atoms with E-state index in [1.807, 2.05) is 13.8 Å². The van der Waals surface area contributed by atoms with Gasteiger partial charge in [0.05, 0.1) is 6.61 Å². The molecule has 0 saturated heterocycles. The van der Waals surface area contributed by atoms with Gasteiger partial charge in [0.15, 0.2) is 0 Å². The zero-order chi connectivity index (χ0) is 11.7. The van der Waals surface area contributed by atoms with Gasteiger partial charge in [0, 0.05) is 11.4 Å². The largest absolute Gasteiger partial charge is 0.450 e. The second kappa shape index (κ2) is 7.67. The highest BCUT2D eigenvalue weighted by molar-refractivity contribution is 5.84. The summed E-state index contributed by atoms with van der Waals surface area (Å²) in [6.45, 7) is 6.11. The third kappa shape index (κ3) is 5.57. The van der Waals surface area contributed by atoms with Crippen molar-refractivity contribution in [1.82, 2.24) is 0 Å². The molecule has 0 spiro atoms. The van der Waals surface area contributed by atoms with E-state index in [0.717, 1.165) is 0 Å². The maximum Gasteiger partial charge on any atom is 0.411 e.